The zero-order valence-electron chi connectivity index (χ0n) is 11.5. The van der Waals surface area contributed by atoms with Gasteiger partial charge in [-0.25, -0.2) is 8.42 Å². The van der Waals surface area contributed by atoms with Crippen molar-refractivity contribution in [2.24, 2.45) is 0 Å². The molecule has 0 atom stereocenters. The number of aryl methyl sites for hydroxylation is 1. The number of rotatable bonds is 3. The van der Waals surface area contributed by atoms with Gasteiger partial charge in [-0.3, -0.25) is 4.79 Å². The molecule has 0 radical (unpaired) electrons. The Morgan fingerprint density at radius 2 is 1.89 bits per heavy atom. The largest absolute Gasteiger partial charge is 0.347 e. The third kappa shape index (κ3) is 4.51. The van der Waals surface area contributed by atoms with Crippen LogP contribution in [0.15, 0.2) is 23.1 Å². The van der Waals surface area contributed by atoms with Crippen molar-refractivity contribution >= 4 is 25.6 Å². The molecule has 1 rings (SSSR count). The molecular weight excluding hydrogens is 286 g/mol. The summed E-state index contributed by atoms with van der Waals surface area (Å²) in [6.07, 6.45) is 0.634. The van der Waals surface area contributed by atoms with Gasteiger partial charge in [0.1, 0.15) is 0 Å². The molecule has 6 heteroatoms. The molecule has 0 heterocycles. The van der Waals surface area contributed by atoms with E-state index in [1.54, 1.807) is 6.07 Å². The van der Waals surface area contributed by atoms with Crippen LogP contribution in [0.2, 0.25) is 0 Å². The SMILES string of the molecule is CCc1ccc(S(=O)(=O)Cl)cc1C(=O)NC(C)(C)C. The summed E-state index contributed by atoms with van der Waals surface area (Å²) in [5.74, 6) is -0.300. The van der Waals surface area contributed by atoms with Gasteiger partial charge in [0.15, 0.2) is 0 Å². The molecule has 1 amide bonds. The Bertz CT molecular complexity index is 588. The van der Waals surface area contributed by atoms with Crippen molar-refractivity contribution in [2.75, 3.05) is 0 Å². The predicted octanol–water partition coefficient (Wildman–Crippen LogP) is 2.70. The number of benzene rings is 1. The van der Waals surface area contributed by atoms with E-state index in [-0.39, 0.29) is 10.8 Å². The molecule has 0 spiro atoms. The lowest BCUT2D eigenvalue weighted by Gasteiger charge is -2.21. The highest BCUT2D eigenvalue weighted by Crippen LogP contribution is 2.20. The minimum atomic E-state index is -3.84. The van der Waals surface area contributed by atoms with E-state index in [9.17, 15) is 13.2 Å². The third-order valence-corrected chi connectivity index (χ3v) is 3.83. The maximum Gasteiger partial charge on any atom is 0.261 e. The highest BCUT2D eigenvalue weighted by molar-refractivity contribution is 8.13. The Morgan fingerprint density at radius 1 is 1.32 bits per heavy atom. The molecule has 1 aromatic rings. The van der Waals surface area contributed by atoms with Gasteiger partial charge < -0.3 is 5.32 Å². The van der Waals surface area contributed by atoms with Crippen molar-refractivity contribution in [1.29, 1.82) is 0 Å². The maximum absolute atomic E-state index is 12.2. The van der Waals surface area contributed by atoms with Gasteiger partial charge in [-0.1, -0.05) is 13.0 Å². The lowest BCUT2D eigenvalue weighted by molar-refractivity contribution is 0.0918. The second-order valence-electron chi connectivity index (χ2n) is 5.31. The quantitative estimate of drug-likeness (QED) is 0.873. The second-order valence-corrected chi connectivity index (χ2v) is 7.88. The average Bonchev–Trinajstić information content (AvgIpc) is 2.24. The van der Waals surface area contributed by atoms with Crippen molar-refractivity contribution < 1.29 is 13.2 Å². The van der Waals surface area contributed by atoms with E-state index in [1.807, 2.05) is 27.7 Å². The first-order chi connectivity index (χ1) is 8.54. The normalized spacial score (nSPS) is 12.3. The summed E-state index contributed by atoms with van der Waals surface area (Å²) >= 11 is 0. The maximum atomic E-state index is 12.2. The van der Waals surface area contributed by atoms with Gasteiger partial charge in [0, 0.05) is 21.8 Å². The number of carbonyl (C=O) groups excluding carboxylic acids is 1. The first-order valence-corrected chi connectivity index (χ1v) is 8.25. The molecule has 0 aliphatic rings. The number of hydrogen-bond acceptors (Lipinski definition) is 3. The van der Waals surface area contributed by atoms with Crippen molar-refractivity contribution in [3.8, 4) is 0 Å². The summed E-state index contributed by atoms with van der Waals surface area (Å²) < 4.78 is 22.7. The van der Waals surface area contributed by atoms with E-state index in [4.69, 9.17) is 10.7 Å². The molecule has 19 heavy (non-hydrogen) atoms. The van der Waals surface area contributed by atoms with Gasteiger partial charge >= 0.3 is 0 Å². The molecule has 0 bridgehead atoms. The Labute approximate surface area is 118 Å². The van der Waals surface area contributed by atoms with E-state index in [0.29, 0.717) is 12.0 Å². The van der Waals surface area contributed by atoms with Crippen LogP contribution >= 0.6 is 10.7 Å². The number of nitrogens with one attached hydrogen (secondary N) is 1. The molecule has 0 saturated carbocycles. The summed E-state index contributed by atoms with van der Waals surface area (Å²) in [5, 5.41) is 2.81. The van der Waals surface area contributed by atoms with Crippen molar-refractivity contribution in [3.63, 3.8) is 0 Å². The molecule has 0 aliphatic carbocycles. The van der Waals surface area contributed by atoms with Crippen molar-refractivity contribution in [2.45, 2.75) is 44.6 Å². The molecule has 0 aromatic heterocycles. The topological polar surface area (TPSA) is 63.2 Å². The lowest BCUT2D eigenvalue weighted by atomic mass is 10.0. The molecule has 106 valence electrons. The summed E-state index contributed by atoms with van der Waals surface area (Å²) in [7, 11) is 1.47. The van der Waals surface area contributed by atoms with Gasteiger partial charge in [-0.15, -0.1) is 0 Å². The van der Waals surface area contributed by atoms with Gasteiger partial charge in [0.25, 0.3) is 15.0 Å². The van der Waals surface area contributed by atoms with Crippen LogP contribution < -0.4 is 5.32 Å². The summed E-state index contributed by atoms with van der Waals surface area (Å²) in [6, 6.07) is 4.35. The van der Waals surface area contributed by atoms with E-state index in [1.165, 1.54) is 12.1 Å². The van der Waals surface area contributed by atoms with Gasteiger partial charge in [-0.05, 0) is 44.9 Å². The standard InChI is InChI=1S/C13H18ClNO3S/c1-5-9-6-7-10(19(14,17)18)8-11(9)12(16)15-13(2,3)4/h6-8H,5H2,1-4H3,(H,15,16). The lowest BCUT2D eigenvalue weighted by Crippen LogP contribution is -2.41. The minimum absolute atomic E-state index is 0.0644. The highest BCUT2D eigenvalue weighted by atomic mass is 35.7. The molecule has 0 unspecified atom stereocenters. The van der Waals surface area contributed by atoms with E-state index >= 15 is 0 Å². The third-order valence-electron chi connectivity index (χ3n) is 2.48. The van der Waals surface area contributed by atoms with Crippen LogP contribution in [0.3, 0.4) is 0 Å². The Morgan fingerprint density at radius 3 is 2.32 bits per heavy atom. The van der Waals surface area contributed by atoms with Crippen molar-refractivity contribution in [1.82, 2.24) is 5.32 Å². The Balaban J connectivity index is 3.28. The number of hydrogen-bond donors (Lipinski definition) is 1. The van der Waals surface area contributed by atoms with E-state index < -0.39 is 14.6 Å². The first kappa shape index (κ1) is 16.0. The summed E-state index contributed by atoms with van der Waals surface area (Å²) in [5.41, 5.74) is 0.739. The zero-order chi connectivity index (χ0) is 14.8. The first-order valence-electron chi connectivity index (χ1n) is 5.94. The zero-order valence-corrected chi connectivity index (χ0v) is 13.0. The molecule has 1 aromatic carbocycles. The fourth-order valence-corrected chi connectivity index (χ4v) is 2.41. The van der Waals surface area contributed by atoms with Crippen LogP contribution in [-0.2, 0) is 15.5 Å². The predicted molar refractivity (Wildman–Crippen MR) is 76.1 cm³/mol. The molecule has 0 fully saturated rings. The van der Waals surface area contributed by atoms with Crippen LogP contribution in [-0.4, -0.2) is 19.9 Å². The second kappa shape index (κ2) is 5.51. The Hall–Kier alpha value is -1.07. The van der Waals surface area contributed by atoms with Gasteiger partial charge in [0.2, 0.25) is 0 Å². The van der Waals surface area contributed by atoms with Crippen molar-refractivity contribution in [3.05, 3.63) is 29.3 Å². The van der Waals surface area contributed by atoms with Crippen LogP contribution in [0.1, 0.15) is 43.6 Å². The van der Waals surface area contributed by atoms with Gasteiger partial charge in [0.05, 0.1) is 4.90 Å². The fraction of sp³-hybridized carbons (Fsp3) is 0.462. The van der Waals surface area contributed by atoms with E-state index in [2.05, 4.69) is 5.32 Å². The molecule has 4 nitrogen and oxygen atoms in total. The Kier molecular flexibility index (Phi) is 4.63. The van der Waals surface area contributed by atoms with E-state index in [0.717, 1.165) is 5.56 Å². The molecule has 0 saturated heterocycles. The monoisotopic (exact) mass is 303 g/mol. The fourth-order valence-electron chi connectivity index (χ4n) is 1.63. The van der Waals surface area contributed by atoms with Crippen LogP contribution in [0.25, 0.3) is 0 Å². The number of carbonyl (C=O) groups is 1. The number of halogens is 1. The van der Waals surface area contributed by atoms with Crippen LogP contribution in [0.4, 0.5) is 0 Å². The van der Waals surface area contributed by atoms with Crippen LogP contribution in [0.5, 0.6) is 0 Å². The highest BCUT2D eigenvalue weighted by Gasteiger charge is 2.20. The van der Waals surface area contributed by atoms with Gasteiger partial charge in [-0.2, -0.15) is 0 Å². The number of amides is 1. The summed E-state index contributed by atoms with van der Waals surface area (Å²) in [6.45, 7) is 7.48. The summed E-state index contributed by atoms with van der Waals surface area (Å²) in [4.78, 5) is 12.1. The smallest absolute Gasteiger partial charge is 0.261 e. The minimum Gasteiger partial charge on any atom is -0.347 e. The average molecular weight is 304 g/mol. The molecule has 0 aliphatic heterocycles. The molecule has 1 N–H and O–H groups in total. The molecular formula is C13H18ClNO3S. The van der Waals surface area contributed by atoms with Crippen LogP contribution in [0, 0.1) is 0 Å².